The third-order valence-electron chi connectivity index (χ3n) is 4.25. The van der Waals surface area contributed by atoms with Gasteiger partial charge in [-0.15, -0.1) is 0 Å². The Labute approximate surface area is 175 Å². The lowest BCUT2D eigenvalue weighted by Gasteiger charge is -2.14. The lowest BCUT2D eigenvalue weighted by atomic mass is 10.2. The maximum atomic E-state index is 11.0. The highest BCUT2D eigenvalue weighted by Crippen LogP contribution is 2.43. The van der Waals surface area contributed by atoms with Gasteiger partial charge in [0.25, 0.3) is 0 Å². The maximum Gasteiger partial charge on any atom is 0.237 e. The van der Waals surface area contributed by atoms with Gasteiger partial charge in [0.15, 0.2) is 17.2 Å². The van der Waals surface area contributed by atoms with Crippen molar-refractivity contribution < 1.29 is 19.0 Å². The first kappa shape index (κ1) is 20.9. The number of carbonyl (C=O) groups excluding carboxylic acids is 1. The summed E-state index contributed by atoms with van der Waals surface area (Å²) in [6.45, 7) is 4.01. The first-order chi connectivity index (χ1) is 14.0. The van der Waals surface area contributed by atoms with Gasteiger partial charge in [0.1, 0.15) is 5.02 Å². The summed E-state index contributed by atoms with van der Waals surface area (Å²) in [4.78, 5) is 19.6. The summed E-state index contributed by atoms with van der Waals surface area (Å²) in [5.74, 6) is 2.26. The molecule has 0 bridgehead atoms. The van der Waals surface area contributed by atoms with Crippen LogP contribution < -0.4 is 19.5 Å². The summed E-state index contributed by atoms with van der Waals surface area (Å²) in [7, 11) is 1.54. The van der Waals surface area contributed by atoms with Crippen LogP contribution in [0.2, 0.25) is 5.02 Å². The van der Waals surface area contributed by atoms with E-state index in [9.17, 15) is 4.79 Å². The molecule has 3 rings (SSSR count). The van der Waals surface area contributed by atoms with Gasteiger partial charge in [0.05, 0.1) is 31.8 Å². The van der Waals surface area contributed by atoms with Crippen LogP contribution in [0, 0.1) is 5.92 Å². The van der Waals surface area contributed by atoms with Gasteiger partial charge >= 0.3 is 0 Å². The number of nitrogens with zero attached hydrogens (tertiary/aromatic N) is 2. The number of methoxy groups -OCH3 is 1. The van der Waals surface area contributed by atoms with Crippen LogP contribution in [0.25, 0.3) is 6.08 Å². The number of halogens is 1. The standard InChI is InChI=1S/C21H24ClN3O4/c1-13(25-14(2)26)4-7-16-10-24-19(11-23-16)29-17-8-9-18(21(27-3)20(17)22)28-12-15-5-6-15/h4,7-11,13,15H,5-6,12H2,1-3H3,(H,25,26)/b7-4+/t13-/m0/s1. The van der Waals surface area contributed by atoms with Crippen LogP contribution in [0.5, 0.6) is 23.1 Å². The van der Waals surface area contributed by atoms with E-state index in [2.05, 4.69) is 15.3 Å². The van der Waals surface area contributed by atoms with Crippen molar-refractivity contribution in [1.29, 1.82) is 0 Å². The van der Waals surface area contributed by atoms with Crippen LogP contribution in [0.15, 0.2) is 30.6 Å². The summed E-state index contributed by atoms with van der Waals surface area (Å²) in [5, 5.41) is 3.08. The fourth-order valence-corrected chi connectivity index (χ4v) is 2.86. The number of amides is 1. The number of rotatable bonds is 9. The summed E-state index contributed by atoms with van der Waals surface area (Å²) < 4.78 is 16.9. The van der Waals surface area contributed by atoms with Crippen molar-refractivity contribution in [3.05, 3.63) is 41.3 Å². The van der Waals surface area contributed by atoms with Crippen molar-refractivity contribution in [3.63, 3.8) is 0 Å². The normalized spacial score (nSPS) is 14.5. The Bertz CT molecular complexity index is 882. The van der Waals surface area contributed by atoms with Gasteiger partial charge in [-0.3, -0.25) is 4.79 Å². The second-order valence-corrected chi connectivity index (χ2v) is 7.27. The summed E-state index contributed by atoms with van der Waals surface area (Å²) in [6.07, 6.45) is 9.08. The topological polar surface area (TPSA) is 82.6 Å². The number of hydrogen-bond acceptors (Lipinski definition) is 6. The van der Waals surface area contributed by atoms with Gasteiger partial charge < -0.3 is 19.5 Å². The molecule has 0 saturated heterocycles. The minimum absolute atomic E-state index is 0.0896. The fraction of sp³-hybridized carbons (Fsp3) is 0.381. The largest absolute Gasteiger partial charge is 0.491 e. The van der Waals surface area contributed by atoms with Crippen LogP contribution in [-0.2, 0) is 4.79 Å². The predicted molar refractivity (Wildman–Crippen MR) is 111 cm³/mol. The second kappa shape index (κ2) is 9.60. The molecule has 1 atom stereocenters. The van der Waals surface area contributed by atoms with Gasteiger partial charge in [0, 0.05) is 13.0 Å². The molecule has 0 spiro atoms. The lowest BCUT2D eigenvalue weighted by molar-refractivity contribution is -0.119. The average Bonchev–Trinajstić information content (AvgIpc) is 3.51. The number of carbonyl (C=O) groups is 1. The molecule has 1 fully saturated rings. The molecule has 0 unspecified atom stereocenters. The van der Waals surface area contributed by atoms with E-state index in [1.54, 1.807) is 24.4 Å². The molecular weight excluding hydrogens is 394 g/mol. The summed E-state index contributed by atoms with van der Waals surface area (Å²) in [6, 6.07) is 3.39. The second-order valence-electron chi connectivity index (χ2n) is 6.89. The molecule has 0 radical (unpaired) electrons. The number of ether oxygens (including phenoxy) is 3. The highest BCUT2D eigenvalue weighted by Gasteiger charge is 2.23. The zero-order valence-electron chi connectivity index (χ0n) is 16.6. The summed E-state index contributed by atoms with van der Waals surface area (Å²) >= 11 is 6.43. The molecule has 29 heavy (non-hydrogen) atoms. The number of hydrogen-bond donors (Lipinski definition) is 1. The molecule has 8 heteroatoms. The Morgan fingerprint density at radius 2 is 2.07 bits per heavy atom. The van der Waals surface area contributed by atoms with Crippen LogP contribution in [-0.4, -0.2) is 35.6 Å². The molecule has 1 heterocycles. The molecule has 1 N–H and O–H groups in total. The van der Waals surface area contributed by atoms with E-state index in [1.807, 2.05) is 13.0 Å². The Morgan fingerprint density at radius 1 is 1.31 bits per heavy atom. The first-order valence-corrected chi connectivity index (χ1v) is 9.78. The van der Waals surface area contributed by atoms with Crippen molar-refractivity contribution in [2.45, 2.75) is 32.7 Å². The van der Waals surface area contributed by atoms with E-state index in [0.29, 0.717) is 46.4 Å². The molecule has 154 valence electrons. The quantitative estimate of drug-likeness (QED) is 0.656. The molecule has 0 aliphatic heterocycles. The van der Waals surface area contributed by atoms with Crippen LogP contribution in [0.3, 0.4) is 0 Å². The van der Waals surface area contributed by atoms with Crippen LogP contribution in [0.1, 0.15) is 32.4 Å². The smallest absolute Gasteiger partial charge is 0.237 e. The Balaban J connectivity index is 1.66. The van der Waals surface area contributed by atoms with Gasteiger partial charge in [-0.1, -0.05) is 17.7 Å². The Hall–Kier alpha value is -2.80. The van der Waals surface area contributed by atoms with E-state index in [-0.39, 0.29) is 11.9 Å². The SMILES string of the molecule is COc1c(OCC2CC2)ccc(Oc2cnc(/C=C/[C@H](C)NC(C)=O)cn2)c1Cl. The van der Waals surface area contributed by atoms with E-state index in [4.69, 9.17) is 25.8 Å². The third-order valence-corrected chi connectivity index (χ3v) is 4.61. The van der Waals surface area contributed by atoms with Gasteiger partial charge in [-0.05, 0) is 43.9 Å². The number of aromatic nitrogens is 2. The van der Waals surface area contributed by atoms with E-state index >= 15 is 0 Å². The average molecular weight is 418 g/mol. The highest BCUT2D eigenvalue weighted by atomic mass is 35.5. The minimum atomic E-state index is -0.0999. The monoisotopic (exact) mass is 417 g/mol. The van der Waals surface area contributed by atoms with E-state index in [1.165, 1.54) is 33.1 Å². The summed E-state index contributed by atoms with van der Waals surface area (Å²) in [5.41, 5.74) is 0.641. The van der Waals surface area contributed by atoms with Crippen molar-refractivity contribution in [2.75, 3.05) is 13.7 Å². The van der Waals surface area contributed by atoms with Crippen LogP contribution >= 0.6 is 11.6 Å². The number of benzene rings is 1. The molecule has 2 aromatic rings. The predicted octanol–water partition coefficient (Wildman–Crippen LogP) is 4.26. The molecule has 1 aliphatic carbocycles. The van der Waals surface area contributed by atoms with Gasteiger partial charge in [-0.25, -0.2) is 9.97 Å². The Morgan fingerprint density at radius 3 is 2.69 bits per heavy atom. The van der Waals surface area contributed by atoms with Crippen molar-refractivity contribution in [2.24, 2.45) is 5.92 Å². The van der Waals surface area contributed by atoms with E-state index < -0.39 is 0 Å². The first-order valence-electron chi connectivity index (χ1n) is 9.40. The molecule has 1 amide bonds. The molecular formula is C21H24ClN3O4. The van der Waals surface area contributed by atoms with Crippen molar-refractivity contribution >= 4 is 23.6 Å². The molecule has 1 aromatic heterocycles. The third kappa shape index (κ3) is 6.09. The van der Waals surface area contributed by atoms with Gasteiger partial charge in [0.2, 0.25) is 11.8 Å². The Kier molecular flexibility index (Phi) is 6.93. The molecule has 1 saturated carbocycles. The zero-order valence-corrected chi connectivity index (χ0v) is 17.4. The lowest BCUT2D eigenvalue weighted by Crippen LogP contribution is -2.28. The van der Waals surface area contributed by atoms with Crippen molar-refractivity contribution in [1.82, 2.24) is 15.3 Å². The zero-order chi connectivity index (χ0) is 20.8. The van der Waals surface area contributed by atoms with Gasteiger partial charge in [-0.2, -0.15) is 0 Å². The minimum Gasteiger partial charge on any atom is -0.491 e. The highest BCUT2D eigenvalue weighted by molar-refractivity contribution is 6.33. The van der Waals surface area contributed by atoms with E-state index in [0.717, 1.165) is 0 Å². The van der Waals surface area contributed by atoms with Crippen molar-refractivity contribution in [3.8, 4) is 23.1 Å². The molecule has 1 aliphatic rings. The molecule has 1 aromatic carbocycles. The molecule has 7 nitrogen and oxygen atoms in total. The maximum absolute atomic E-state index is 11.0. The number of nitrogens with one attached hydrogen (secondary N) is 1. The fourth-order valence-electron chi connectivity index (χ4n) is 2.58. The van der Waals surface area contributed by atoms with Crippen LogP contribution in [0.4, 0.5) is 0 Å².